The van der Waals surface area contributed by atoms with Gasteiger partial charge in [0.2, 0.25) is 5.91 Å². The van der Waals surface area contributed by atoms with Gasteiger partial charge in [0.1, 0.15) is 0 Å². The molecule has 0 aliphatic heterocycles. The van der Waals surface area contributed by atoms with Gasteiger partial charge in [0, 0.05) is 18.7 Å². The van der Waals surface area contributed by atoms with Gasteiger partial charge in [-0.1, -0.05) is 19.3 Å². The minimum atomic E-state index is -4.29. The van der Waals surface area contributed by atoms with Crippen LogP contribution in [0.4, 0.5) is 13.2 Å². The number of rotatable bonds is 7. The molecular formula is C13H20F3NO3S. The minimum absolute atomic E-state index is 0.0578. The largest absolute Gasteiger partial charge is 0.481 e. The number of halogens is 3. The molecule has 1 fully saturated rings. The summed E-state index contributed by atoms with van der Waals surface area (Å²) < 4.78 is 35.8. The quantitative estimate of drug-likeness (QED) is 0.705. The van der Waals surface area contributed by atoms with Gasteiger partial charge in [-0.3, -0.25) is 9.59 Å². The zero-order chi connectivity index (χ0) is 15.9. The molecule has 0 heterocycles. The third kappa shape index (κ3) is 7.59. The lowest BCUT2D eigenvalue weighted by Gasteiger charge is -2.35. The Labute approximate surface area is 125 Å². The molecule has 1 amide bonds. The van der Waals surface area contributed by atoms with Gasteiger partial charge in [0.05, 0.1) is 6.42 Å². The minimum Gasteiger partial charge on any atom is -0.481 e. The number of carboxylic acids is 1. The molecule has 8 heteroatoms. The van der Waals surface area contributed by atoms with E-state index in [1.807, 2.05) is 0 Å². The van der Waals surface area contributed by atoms with Gasteiger partial charge < -0.3 is 10.4 Å². The average molecular weight is 327 g/mol. The Kier molecular flexibility index (Phi) is 6.83. The van der Waals surface area contributed by atoms with E-state index in [2.05, 4.69) is 5.32 Å². The number of carbonyl (C=O) groups excluding carboxylic acids is 1. The van der Waals surface area contributed by atoms with E-state index in [1.165, 1.54) is 0 Å². The number of carbonyl (C=O) groups is 2. The number of amides is 1. The summed E-state index contributed by atoms with van der Waals surface area (Å²) in [6, 6.07) is 0. The fourth-order valence-electron chi connectivity index (χ4n) is 2.80. The summed E-state index contributed by atoms with van der Waals surface area (Å²) in [5.41, 5.74) is -4.83. The van der Waals surface area contributed by atoms with Gasteiger partial charge in [0.25, 0.3) is 0 Å². The number of nitrogens with one attached hydrogen (secondary N) is 1. The Hall–Kier alpha value is -0.920. The van der Waals surface area contributed by atoms with Crippen LogP contribution in [0.15, 0.2) is 0 Å². The molecule has 1 saturated carbocycles. The van der Waals surface area contributed by atoms with Gasteiger partial charge in [-0.15, -0.1) is 0 Å². The Bertz CT molecular complexity index is 368. The maximum atomic E-state index is 11.9. The topological polar surface area (TPSA) is 66.4 Å². The highest BCUT2D eigenvalue weighted by Crippen LogP contribution is 2.42. The Morgan fingerprint density at radius 3 is 2.29 bits per heavy atom. The van der Waals surface area contributed by atoms with Crippen molar-refractivity contribution in [2.24, 2.45) is 5.41 Å². The second kappa shape index (κ2) is 7.91. The van der Waals surface area contributed by atoms with Gasteiger partial charge in [-0.2, -0.15) is 13.2 Å². The highest BCUT2D eigenvalue weighted by molar-refractivity contribution is 8.00. The van der Waals surface area contributed by atoms with Crippen LogP contribution in [0.1, 0.15) is 44.9 Å². The van der Waals surface area contributed by atoms with E-state index in [0.29, 0.717) is 12.8 Å². The SMILES string of the molecule is O=C(O)CC1(CC(=O)NCCSC(F)(F)F)CCCCC1. The van der Waals surface area contributed by atoms with Crippen molar-refractivity contribution in [2.75, 3.05) is 12.3 Å². The van der Waals surface area contributed by atoms with Gasteiger partial charge in [-0.25, -0.2) is 0 Å². The molecule has 4 nitrogen and oxygen atoms in total. The molecule has 0 bridgehead atoms. The Morgan fingerprint density at radius 1 is 1.14 bits per heavy atom. The van der Waals surface area contributed by atoms with E-state index in [1.54, 1.807) is 0 Å². The first-order valence-corrected chi connectivity index (χ1v) is 7.90. The van der Waals surface area contributed by atoms with E-state index in [-0.39, 0.29) is 42.8 Å². The lowest BCUT2D eigenvalue weighted by molar-refractivity contribution is -0.141. The van der Waals surface area contributed by atoms with E-state index in [4.69, 9.17) is 5.11 Å². The fraction of sp³-hybridized carbons (Fsp3) is 0.846. The molecule has 21 heavy (non-hydrogen) atoms. The predicted octanol–water partition coefficient (Wildman–Crippen LogP) is 3.17. The van der Waals surface area contributed by atoms with Gasteiger partial charge >= 0.3 is 11.5 Å². The number of aliphatic carboxylic acids is 1. The molecule has 1 aliphatic rings. The maximum Gasteiger partial charge on any atom is 0.441 e. The first-order valence-electron chi connectivity index (χ1n) is 6.92. The Morgan fingerprint density at radius 2 is 1.76 bits per heavy atom. The van der Waals surface area contributed by atoms with Crippen molar-refractivity contribution in [1.82, 2.24) is 5.32 Å². The number of thioether (sulfide) groups is 1. The molecule has 0 radical (unpaired) electrons. The molecule has 0 aromatic rings. The van der Waals surface area contributed by atoms with Crippen LogP contribution in [0.2, 0.25) is 0 Å². The summed E-state index contributed by atoms with van der Waals surface area (Å²) >= 11 is -0.177. The number of hydrogen-bond acceptors (Lipinski definition) is 3. The van der Waals surface area contributed by atoms with Crippen LogP contribution in [-0.2, 0) is 9.59 Å². The van der Waals surface area contributed by atoms with Crippen LogP contribution in [0, 0.1) is 5.41 Å². The van der Waals surface area contributed by atoms with E-state index in [0.717, 1.165) is 19.3 Å². The Balaban J connectivity index is 2.40. The maximum absolute atomic E-state index is 11.9. The van der Waals surface area contributed by atoms with Crippen molar-refractivity contribution in [2.45, 2.75) is 50.5 Å². The number of hydrogen-bond donors (Lipinski definition) is 2. The highest BCUT2D eigenvalue weighted by Gasteiger charge is 2.36. The molecule has 0 spiro atoms. The van der Waals surface area contributed by atoms with Crippen molar-refractivity contribution in [1.29, 1.82) is 0 Å². The van der Waals surface area contributed by atoms with Gasteiger partial charge in [-0.05, 0) is 30.0 Å². The van der Waals surface area contributed by atoms with E-state index in [9.17, 15) is 22.8 Å². The molecule has 0 aromatic carbocycles. The molecule has 0 atom stereocenters. The first-order chi connectivity index (χ1) is 9.72. The van der Waals surface area contributed by atoms with Crippen LogP contribution >= 0.6 is 11.8 Å². The molecule has 1 rings (SSSR count). The summed E-state index contributed by atoms with van der Waals surface area (Å²) in [5, 5.41) is 11.4. The van der Waals surface area contributed by atoms with Crippen LogP contribution in [0.3, 0.4) is 0 Å². The summed E-state index contributed by atoms with van der Waals surface area (Å²) in [6.45, 7) is -0.0633. The number of carboxylic acid groups (broad SMARTS) is 1. The molecular weight excluding hydrogens is 307 g/mol. The third-order valence-electron chi connectivity index (χ3n) is 3.67. The summed E-state index contributed by atoms with van der Waals surface area (Å²) in [6.07, 6.45) is 4.21. The molecule has 0 unspecified atom stereocenters. The van der Waals surface area contributed by atoms with Crippen LogP contribution < -0.4 is 5.32 Å². The van der Waals surface area contributed by atoms with Crippen molar-refractivity contribution in [3.63, 3.8) is 0 Å². The second-order valence-electron chi connectivity index (χ2n) is 5.45. The lowest BCUT2D eigenvalue weighted by Crippen LogP contribution is -2.36. The summed E-state index contributed by atoms with van der Waals surface area (Å²) in [5.74, 6) is -1.53. The summed E-state index contributed by atoms with van der Waals surface area (Å²) in [4.78, 5) is 22.8. The summed E-state index contributed by atoms with van der Waals surface area (Å²) in [7, 11) is 0. The normalized spacial score (nSPS) is 18.2. The molecule has 1 aliphatic carbocycles. The predicted molar refractivity (Wildman–Crippen MR) is 73.9 cm³/mol. The highest BCUT2D eigenvalue weighted by atomic mass is 32.2. The van der Waals surface area contributed by atoms with E-state index < -0.39 is 16.9 Å². The van der Waals surface area contributed by atoms with E-state index >= 15 is 0 Å². The van der Waals surface area contributed by atoms with Crippen molar-refractivity contribution < 1.29 is 27.9 Å². The van der Waals surface area contributed by atoms with Crippen LogP contribution in [0.25, 0.3) is 0 Å². The van der Waals surface area contributed by atoms with Gasteiger partial charge in [0.15, 0.2) is 0 Å². The molecule has 2 N–H and O–H groups in total. The second-order valence-corrected chi connectivity index (χ2v) is 6.61. The van der Waals surface area contributed by atoms with Crippen molar-refractivity contribution in [3.05, 3.63) is 0 Å². The zero-order valence-corrected chi connectivity index (χ0v) is 12.5. The third-order valence-corrected chi connectivity index (χ3v) is 4.40. The zero-order valence-electron chi connectivity index (χ0n) is 11.7. The first kappa shape index (κ1) is 18.1. The van der Waals surface area contributed by atoms with Crippen molar-refractivity contribution in [3.8, 4) is 0 Å². The van der Waals surface area contributed by atoms with Crippen molar-refractivity contribution >= 4 is 23.6 Å². The number of alkyl halides is 3. The average Bonchev–Trinajstić information content (AvgIpc) is 2.33. The standard InChI is InChI=1S/C13H20F3NO3S/c14-13(15,16)21-7-6-17-10(18)8-12(9-11(19)20)4-2-1-3-5-12/h1-9H2,(H,17,18)(H,19,20). The lowest BCUT2D eigenvalue weighted by atomic mass is 9.69. The van der Waals surface area contributed by atoms with Crippen LogP contribution in [0.5, 0.6) is 0 Å². The molecule has 0 saturated heterocycles. The van der Waals surface area contributed by atoms with Crippen LogP contribution in [-0.4, -0.2) is 34.8 Å². The fourth-order valence-corrected chi connectivity index (χ4v) is 3.23. The monoisotopic (exact) mass is 327 g/mol. The molecule has 122 valence electrons. The smallest absolute Gasteiger partial charge is 0.441 e. The molecule has 0 aromatic heterocycles.